The van der Waals surface area contributed by atoms with Crippen molar-refractivity contribution in [2.24, 2.45) is 0 Å². The fraction of sp³-hybridized carbons (Fsp3) is 0.625. The lowest BCUT2D eigenvalue weighted by Crippen LogP contribution is -2.56. The number of halogens is 4. The quantitative estimate of drug-likeness (QED) is 0.563. The normalized spacial score (nSPS) is 29.2. The summed E-state index contributed by atoms with van der Waals surface area (Å²) in [4.78, 5) is -1.59. The molecule has 26 heavy (non-hydrogen) atoms. The molecular formula is C16H18F4O4S2. The summed E-state index contributed by atoms with van der Waals surface area (Å²) >= 11 is 0. The molecule has 146 valence electrons. The summed E-state index contributed by atoms with van der Waals surface area (Å²) in [5, 5.41) is 0. The zero-order valence-electron chi connectivity index (χ0n) is 14.2. The van der Waals surface area contributed by atoms with Crippen LogP contribution in [0.3, 0.4) is 0 Å². The average molecular weight is 414 g/mol. The van der Waals surface area contributed by atoms with E-state index in [1.165, 1.54) is 0 Å². The van der Waals surface area contributed by atoms with Crippen LogP contribution in [-0.4, -0.2) is 32.6 Å². The Morgan fingerprint density at radius 2 is 1.04 bits per heavy atom. The van der Waals surface area contributed by atoms with Gasteiger partial charge in [0.1, 0.15) is 4.90 Å². The van der Waals surface area contributed by atoms with Crippen LogP contribution in [0.15, 0.2) is 4.90 Å². The molecule has 0 heterocycles. The Hall–Kier alpha value is -1.16. The molecule has 3 saturated carbocycles. The van der Waals surface area contributed by atoms with Crippen LogP contribution in [0.2, 0.25) is 0 Å². The van der Waals surface area contributed by atoms with Crippen LogP contribution in [0, 0.1) is 30.2 Å². The molecule has 3 aliphatic rings. The Kier molecular flexibility index (Phi) is 4.27. The monoisotopic (exact) mass is 414 g/mol. The molecule has 1 aromatic rings. The third-order valence-electron chi connectivity index (χ3n) is 6.18. The first-order valence-corrected chi connectivity index (χ1v) is 11.4. The van der Waals surface area contributed by atoms with Gasteiger partial charge in [0.05, 0.1) is 9.49 Å². The van der Waals surface area contributed by atoms with Crippen molar-refractivity contribution in [2.45, 2.75) is 59.8 Å². The lowest BCUT2D eigenvalue weighted by atomic mass is 9.69. The van der Waals surface area contributed by atoms with Crippen LogP contribution in [0.1, 0.15) is 44.1 Å². The van der Waals surface area contributed by atoms with E-state index < -0.39 is 62.9 Å². The molecule has 0 radical (unpaired) electrons. The highest BCUT2D eigenvalue weighted by molar-refractivity contribution is 7.93. The maximum Gasteiger partial charge on any atom is 0.190 e. The maximum absolute atomic E-state index is 14.3. The SMILES string of the molecule is Cc1c(F)c(F)c(S(=O)(=O)C23CCC(S(C)(=O)=O)(CC2)CC3)c(F)c1F. The van der Waals surface area contributed by atoms with Crippen molar-refractivity contribution in [3.05, 3.63) is 28.8 Å². The maximum atomic E-state index is 14.3. The number of rotatable bonds is 3. The minimum Gasteiger partial charge on any atom is -0.229 e. The van der Waals surface area contributed by atoms with Gasteiger partial charge in [-0.3, -0.25) is 0 Å². The predicted octanol–water partition coefficient (Wildman–Crippen LogP) is 3.22. The summed E-state index contributed by atoms with van der Waals surface area (Å²) in [6.07, 6.45) is 0.806. The van der Waals surface area contributed by atoms with Gasteiger partial charge in [-0.2, -0.15) is 0 Å². The van der Waals surface area contributed by atoms with Gasteiger partial charge in [0.15, 0.2) is 42.9 Å². The van der Waals surface area contributed by atoms with Gasteiger partial charge in [0.25, 0.3) is 0 Å². The van der Waals surface area contributed by atoms with Crippen molar-refractivity contribution >= 4 is 19.7 Å². The van der Waals surface area contributed by atoms with E-state index in [2.05, 4.69) is 0 Å². The van der Waals surface area contributed by atoms with E-state index in [4.69, 9.17) is 0 Å². The van der Waals surface area contributed by atoms with Gasteiger partial charge in [-0.05, 0) is 45.4 Å². The first-order valence-electron chi connectivity index (χ1n) is 8.06. The van der Waals surface area contributed by atoms with E-state index in [1.54, 1.807) is 0 Å². The van der Waals surface area contributed by atoms with E-state index in [0.717, 1.165) is 13.2 Å². The van der Waals surface area contributed by atoms with Gasteiger partial charge in [-0.15, -0.1) is 0 Å². The smallest absolute Gasteiger partial charge is 0.190 e. The Balaban J connectivity index is 2.13. The molecular weight excluding hydrogens is 396 g/mol. The van der Waals surface area contributed by atoms with Crippen LogP contribution in [0.5, 0.6) is 0 Å². The third kappa shape index (κ3) is 2.37. The van der Waals surface area contributed by atoms with Crippen molar-refractivity contribution in [3.63, 3.8) is 0 Å². The molecule has 0 unspecified atom stereocenters. The van der Waals surface area contributed by atoms with Gasteiger partial charge in [0.2, 0.25) is 0 Å². The topological polar surface area (TPSA) is 68.3 Å². The minimum atomic E-state index is -4.76. The zero-order chi connectivity index (χ0) is 19.7. The van der Waals surface area contributed by atoms with Gasteiger partial charge in [-0.1, -0.05) is 0 Å². The molecule has 0 aromatic heterocycles. The molecule has 4 nitrogen and oxygen atoms in total. The first-order chi connectivity index (χ1) is 11.8. The molecule has 3 aliphatic carbocycles. The Morgan fingerprint density at radius 3 is 1.38 bits per heavy atom. The highest BCUT2D eigenvalue weighted by Gasteiger charge is 2.60. The predicted molar refractivity (Wildman–Crippen MR) is 86.2 cm³/mol. The summed E-state index contributed by atoms with van der Waals surface area (Å²) in [7, 11) is -8.19. The first kappa shape index (κ1) is 19.6. The number of hydrogen-bond donors (Lipinski definition) is 0. The summed E-state index contributed by atoms with van der Waals surface area (Å²) in [6, 6.07) is 0. The van der Waals surface area contributed by atoms with E-state index in [-0.39, 0.29) is 38.5 Å². The molecule has 0 N–H and O–H groups in total. The fourth-order valence-corrected chi connectivity index (χ4v) is 7.86. The van der Waals surface area contributed by atoms with Gasteiger partial charge in [-0.25, -0.2) is 34.4 Å². The molecule has 2 bridgehead atoms. The second-order valence-corrected chi connectivity index (χ2v) is 12.0. The highest BCUT2D eigenvalue weighted by atomic mass is 32.2. The second-order valence-electron chi connectivity index (χ2n) is 7.35. The van der Waals surface area contributed by atoms with Crippen molar-refractivity contribution < 1.29 is 34.4 Å². The van der Waals surface area contributed by atoms with E-state index in [9.17, 15) is 34.4 Å². The van der Waals surface area contributed by atoms with Gasteiger partial charge in [0, 0.05) is 11.8 Å². The molecule has 0 amide bonds. The highest BCUT2D eigenvalue weighted by Crippen LogP contribution is 2.55. The van der Waals surface area contributed by atoms with Crippen LogP contribution in [-0.2, 0) is 19.7 Å². The molecule has 3 fully saturated rings. The Morgan fingerprint density at radius 1 is 0.692 bits per heavy atom. The Labute approximate surface area is 149 Å². The van der Waals surface area contributed by atoms with Crippen LogP contribution < -0.4 is 0 Å². The van der Waals surface area contributed by atoms with Gasteiger partial charge < -0.3 is 0 Å². The van der Waals surface area contributed by atoms with Crippen molar-refractivity contribution in [1.29, 1.82) is 0 Å². The lowest BCUT2D eigenvalue weighted by Gasteiger charge is -2.51. The van der Waals surface area contributed by atoms with Crippen molar-refractivity contribution in [1.82, 2.24) is 0 Å². The molecule has 0 saturated heterocycles. The number of sulfone groups is 2. The summed E-state index contributed by atoms with van der Waals surface area (Å²) in [5.41, 5.74) is -0.931. The summed E-state index contributed by atoms with van der Waals surface area (Å²) < 4.78 is 104. The standard InChI is InChI=1S/C16H18F4O4S2/c1-9-10(17)12(19)14(13(20)11(9)18)26(23,24)16-6-3-15(4-7-16,5-8-16)25(2,21)22/h3-8H2,1-2H3. The van der Waals surface area contributed by atoms with Crippen LogP contribution >= 0.6 is 0 Å². The van der Waals surface area contributed by atoms with Gasteiger partial charge >= 0.3 is 0 Å². The van der Waals surface area contributed by atoms with Crippen LogP contribution in [0.4, 0.5) is 17.6 Å². The van der Waals surface area contributed by atoms with E-state index in [1.807, 2.05) is 0 Å². The summed E-state index contributed by atoms with van der Waals surface area (Å²) in [5.74, 6) is -7.34. The van der Waals surface area contributed by atoms with E-state index >= 15 is 0 Å². The molecule has 4 rings (SSSR count). The minimum absolute atomic E-state index is 0.0329. The number of benzene rings is 1. The van der Waals surface area contributed by atoms with E-state index in [0.29, 0.717) is 0 Å². The number of fused-ring (bicyclic) bond motifs is 3. The number of hydrogen-bond acceptors (Lipinski definition) is 4. The molecule has 1 aromatic carbocycles. The summed E-state index contributed by atoms with van der Waals surface area (Å²) in [6.45, 7) is 0.813. The molecule has 0 spiro atoms. The fourth-order valence-electron chi connectivity index (χ4n) is 4.25. The Bertz CT molecular complexity index is 946. The second kappa shape index (κ2) is 5.67. The van der Waals surface area contributed by atoms with Crippen LogP contribution in [0.25, 0.3) is 0 Å². The zero-order valence-corrected chi connectivity index (χ0v) is 15.8. The van der Waals surface area contributed by atoms with Crippen molar-refractivity contribution in [3.8, 4) is 0 Å². The largest absolute Gasteiger partial charge is 0.229 e. The third-order valence-corrected chi connectivity index (χ3v) is 11.0. The molecule has 0 atom stereocenters. The molecule has 0 aliphatic heterocycles. The molecule has 10 heteroatoms. The lowest BCUT2D eigenvalue weighted by molar-refractivity contribution is 0.210. The van der Waals surface area contributed by atoms with Crippen molar-refractivity contribution in [2.75, 3.05) is 6.26 Å². The average Bonchev–Trinajstić information content (AvgIpc) is 2.59.